The van der Waals surface area contributed by atoms with Crippen molar-refractivity contribution in [3.05, 3.63) is 11.1 Å². The lowest BCUT2D eigenvalue weighted by molar-refractivity contribution is 0.0912. The van der Waals surface area contributed by atoms with Crippen LogP contribution in [0.2, 0.25) is 0 Å². The number of piperidine rings is 1. The maximum atomic E-state index is 11.8. The van der Waals surface area contributed by atoms with E-state index in [9.17, 15) is 4.79 Å². The molecule has 1 aromatic rings. The lowest BCUT2D eigenvalue weighted by atomic mass is 10.1. The average Bonchev–Trinajstić information content (AvgIpc) is 2.68. The van der Waals surface area contributed by atoms with Crippen LogP contribution in [-0.2, 0) is 0 Å². The van der Waals surface area contributed by atoms with E-state index >= 15 is 0 Å². The van der Waals surface area contributed by atoms with Gasteiger partial charge in [0, 0.05) is 11.4 Å². The van der Waals surface area contributed by atoms with E-state index in [-0.39, 0.29) is 11.9 Å². The molecule has 1 saturated heterocycles. The summed E-state index contributed by atoms with van der Waals surface area (Å²) in [5.74, 6) is -0.109. The van der Waals surface area contributed by atoms with Crippen LogP contribution in [0.25, 0.3) is 0 Å². The van der Waals surface area contributed by atoms with E-state index in [1.54, 1.807) is 5.38 Å². The lowest BCUT2D eigenvalue weighted by Crippen LogP contribution is -2.43. The molecule has 2 rings (SSSR count). The SMILES string of the molecule is CN1CCC(NC(=O)c2csc(N)n2)CC1. The third kappa shape index (κ3) is 2.70. The van der Waals surface area contributed by atoms with Gasteiger partial charge in [-0.3, -0.25) is 4.79 Å². The number of nitrogen functional groups attached to an aromatic ring is 1. The quantitative estimate of drug-likeness (QED) is 0.792. The van der Waals surface area contributed by atoms with Gasteiger partial charge in [0.15, 0.2) is 5.13 Å². The molecule has 1 fully saturated rings. The Labute approximate surface area is 98.7 Å². The van der Waals surface area contributed by atoms with Crippen molar-refractivity contribution in [1.29, 1.82) is 0 Å². The van der Waals surface area contributed by atoms with Crippen LogP contribution in [0.4, 0.5) is 5.13 Å². The summed E-state index contributed by atoms with van der Waals surface area (Å²) in [6.07, 6.45) is 2.00. The van der Waals surface area contributed by atoms with Gasteiger partial charge in [-0.25, -0.2) is 4.98 Å². The van der Waals surface area contributed by atoms with Gasteiger partial charge in [-0.1, -0.05) is 0 Å². The van der Waals surface area contributed by atoms with Gasteiger partial charge in [0.2, 0.25) is 0 Å². The second-order valence-electron chi connectivity index (χ2n) is 4.12. The van der Waals surface area contributed by atoms with Crippen molar-refractivity contribution < 1.29 is 4.79 Å². The van der Waals surface area contributed by atoms with Crippen LogP contribution in [0.15, 0.2) is 5.38 Å². The molecule has 0 radical (unpaired) electrons. The zero-order chi connectivity index (χ0) is 11.5. The van der Waals surface area contributed by atoms with E-state index in [0.29, 0.717) is 10.8 Å². The average molecular weight is 240 g/mol. The highest BCUT2D eigenvalue weighted by atomic mass is 32.1. The van der Waals surface area contributed by atoms with E-state index in [0.717, 1.165) is 25.9 Å². The Balaban J connectivity index is 1.88. The summed E-state index contributed by atoms with van der Waals surface area (Å²) >= 11 is 1.29. The molecular weight excluding hydrogens is 224 g/mol. The van der Waals surface area contributed by atoms with Crippen LogP contribution >= 0.6 is 11.3 Å². The number of hydrogen-bond donors (Lipinski definition) is 2. The van der Waals surface area contributed by atoms with E-state index in [4.69, 9.17) is 5.73 Å². The minimum Gasteiger partial charge on any atom is -0.375 e. The van der Waals surface area contributed by atoms with Gasteiger partial charge in [0.05, 0.1) is 0 Å². The van der Waals surface area contributed by atoms with Crippen molar-refractivity contribution in [2.45, 2.75) is 18.9 Å². The maximum absolute atomic E-state index is 11.8. The third-order valence-corrected chi connectivity index (χ3v) is 3.48. The number of nitrogens with two attached hydrogens (primary N) is 1. The fourth-order valence-corrected chi connectivity index (χ4v) is 2.35. The first-order valence-electron chi connectivity index (χ1n) is 5.35. The fourth-order valence-electron chi connectivity index (χ4n) is 1.80. The van der Waals surface area contributed by atoms with Crippen LogP contribution in [0.3, 0.4) is 0 Å². The molecule has 88 valence electrons. The van der Waals surface area contributed by atoms with Gasteiger partial charge in [-0.2, -0.15) is 0 Å². The van der Waals surface area contributed by atoms with Crippen LogP contribution in [0, 0.1) is 0 Å². The summed E-state index contributed by atoms with van der Waals surface area (Å²) in [7, 11) is 2.10. The van der Waals surface area contributed by atoms with E-state index in [1.807, 2.05) is 0 Å². The number of nitrogens with one attached hydrogen (secondary N) is 1. The highest BCUT2D eigenvalue weighted by molar-refractivity contribution is 7.13. The van der Waals surface area contributed by atoms with Gasteiger partial charge >= 0.3 is 0 Å². The molecule has 0 atom stereocenters. The van der Waals surface area contributed by atoms with Crippen LogP contribution in [-0.4, -0.2) is 42.0 Å². The predicted octanol–water partition coefficient (Wildman–Crippen LogP) is 0.549. The third-order valence-electron chi connectivity index (χ3n) is 2.81. The number of carbonyl (C=O) groups excluding carboxylic acids is 1. The molecule has 1 aromatic heterocycles. The van der Waals surface area contributed by atoms with Crippen molar-refractivity contribution in [3.8, 4) is 0 Å². The summed E-state index contributed by atoms with van der Waals surface area (Å²) in [4.78, 5) is 18.0. The van der Waals surface area contributed by atoms with Crippen molar-refractivity contribution in [1.82, 2.24) is 15.2 Å². The largest absolute Gasteiger partial charge is 0.375 e. The Kier molecular flexibility index (Phi) is 3.40. The summed E-state index contributed by atoms with van der Waals surface area (Å²) < 4.78 is 0. The number of hydrogen-bond acceptors (Lipinski definition) is 5. The van der Waals surface area contributed by atoms with Crippen molar-refractivity contribution in [2.75, 3.05) is 25.9 Å². The monoisotopic (exact) mass is 240 g/mol. The molecule has 0 aromatic carbocycles. The minimum atomic E-state index is -0.109. The molecule has 3 N–H and O–H groups in total. The van der Waals surface area contributed by atoms with Gasteiger partial charge in [-0.05, 0) is 33.0 Å². The molecule has 1 aliphatic rings. The molecule has 16 heavy (non-hydrogen) atoms. The molecule has 0 unspecified atom stereocenters. The topological polar surface area (TPSA) is 71.2 Å². The number of carbonyl (C=O) groups is 1. The first kappa shape index (κ1) is 11.3. The zero-order valence-corrected chi connectivity index (χ0v) is 10.1. The Morgan fingerprint density at radius 2 is 2.31 bits per heavy atom. The number of thiazole rings is 1. The number of amides is 1. The summed E-state index contributed by atoms with van der Waals surface area (Å²) in [5, 5.41) is 5.12. The Morgan fingerprint density at radius 3 is 2.88 bits per heavy atom. The van der Waals surface area contributed by atoms with E-state index in [2.05, 4.69) is 22.2 Å². The lowest BCUT2D eigenvalue weighted by Gasteiger charge is -2.29. The molecule has 0 saturated carbocycles. The minimum absolute atomic E-state index is 0.109. The van der Waals surface area contributed by atoms with Crippen LogP contribution in [0.1, 0.15) is 23.3 Å². The fraction of sp³-hybridized carbons (Fsp3) is 0.600. The van der Waals surface area contributed by atoms with Crippen molar-refractivity contribution in [3.63, 3.8) is 0 Å². The number of anilines is 1. The summed E-state index contributed by atoms with van der Waals surface area (Å²) in [6.45, 7) is 2.06. The van der Waals surface area contributed by atoms with Gasteiger partial charge < -0.3 is 16.0 Å². The smallest absolute Gasteiger partial charge is 0.271 e. The molecule has 1 amide bonds. The van der Waals surface area contributed by atoms with Crippen LogP contribution < -0.4 is 11.1 Å². The van der Waals surface area contributed by atoms with Crippen molar-refractivity contribution >= 4 is 22.4 Å². The molecule has 5 nitrogen and oxygen atoms in total. The van der Waals surface area contributed by atoms with E-state index in [1.165, 1.54) is 11.3 Å². The Morgan fingerprint density at radius 1 is 1.62 bits per heavy atom. The molecular formula is C10H16N4OS. The first-order chi connectivity index (χ1) is 7.65. The Hall–Kier alpha value is -1.14. The second-order valence-corrected chi connectivity index (χ2v) is 5.01. The highest BCUT2D eigenvalue weighted by Gasteiger charge is 2.19. The number of aromatic nitrogens is 1. The summed E-state index contributed by atoms with van der Waals surface area (Å²) in [5.41, 5.74) is 5.92. The predicted molar refractivity (Wildman–Crippen MR) is 64.5 cm³/mol. The molecule has 2 heterocycles. The zero-order valence-electron chi connectivity index (χ0n) is 9.27. The molecule has 0 bridgehead atoms. The van der Waals surface area contributed by atoms with Crippen molar-refractivity contribution in [2.24, 2.45) is 0 Å². The second kappa shape index (κ2) is 4.80. The summed E-state index contributed by atoms with van der Waals surface area (Å²) in [6, 6.07) is 0.270. The maximum Gasteiger partial charge on any atom is 0.271 e. The van der Waals surface area contributed by atoms with Gasteiger partial charge in [-0.15, -0.1) is 11.3 Å². The molecule has 0 spiro atoms. The standard InChI is InChI=1S/C10H16N4OS/c1-14-4-2-7(3-5-14)12-9(15)8-6-16-10(11)13-8/h6-7H,2-5H2,1H3,(H2,11,13)(H,12,15). The number of likely N-dealkylation sites (tertiary alicyclic amines) is 1. The molecule has 6 heteroatoms. The molecule has 0 aliphatic carbocycles. The van der Waals surface area contributed by atoms with E-state index < -0.39 is 0 Å². The Bertz CT molecular complexity index is 371. The number of rotatable bonds is 2. The first-order valence-corrected chi connectivity index (χ1v) is 6.23. The highest BCUT2D eigenvalue weighted by Crippen LogP contribution is 2.13. The number of nitrogens with zero attached hydrogens (tertiary/aromatic N) is 2. The molecule has 1 aliphatic heterocycles. The van der Waals surface area contributed by atoms with Gasteiger partial charge in [0.25, 0.3) is 5.91 Å². The normalized spacial score (nSPS) is 18.6. The van der Waals surface area contributed by atoms with Crippen LogP contribution in [0.5, 0.6) is 0 Å². The van der Waals surface area contributed by atoms with Gasteiger partial charge in [0.1, 0.15) is 5.69 Å².